The van der Waals surface area contributed by atoms with Crippen molar-refractivity contribution in [2.45, 2.75) is 39.2 Å². The molecular formula is C17H25N3O3. The Balaban J connectivity index is 1.73. The minimum atomic E-state index is -0.467. The zero-order valence-electron chi connectivity index (χ0n) is 14.0. The number of piperidine rings is 1. The number of ether oxygens (including phenoxy) is 1. The Morgan fingerprint density at radius 2 is 2.04 bits per heavy atom. The van der Waals surface area contributed by atoms with Gasteiger partial charge in [-0.05, 0) is 51.7 Å². The van der Waals surface area contributed by atoms with Gasteiger partial charge in [0.05, 0.1) is 5.56 Å². The third-order valence-corrected chi connectivity index (χ3v) is 3.74. The SMILES string of the molecule is CC(C)(C)OC(=O)N1CCC(CNC(=O)c2cccnc2)CC1. The summed E-state index contributed by atoms with van der Waals surface area (Å²) in [7, 11) is 0. The van der Waals surface area contributed by atoms with Crippen LogP contribution in [0.15, 0.2) is 24.5 Å². The molecule has 6 nitrogen and oxygen atoms in total. The van der Waals surface area contributed by atoms with Crippen LogP contribution in [0.4, 0.5) is 4.79 Å². The van der Waals surface area contributed by atoms with Gasteiger partial charge in [-0.2, -0.15) is 0 Å². The fraction of sp³-hybridized carbons (Fsp3) is 0.588. The number of aromatic nitrogens is 1. The van der Waals surface area contributed by atoms with Crippen molar-refractivity contribution in [3.8, 4) is 0 Å². The predicted molar refractivity (Wildman–Crippen MR) is 87.1 cm³/mol. The molecule has 6 heteroatoms. The minimum absolute atomic E-state index is 0.104. The Kier molecular flexibility index (Phi) is 5.58. The van der Waals surface area contributed by atoms with E-state index in [0.29, 0.717) is 31.1 Å². The quantitative estimate of drug-likeness (QED) is 0.929. The Hall–Kier alpha value is -2.11. The Morgan fingerprint density at radius 1 is 1.35 bits per heavy atom. The van der Waals surface area contributed by atoms with Crippen molar-refractivity contribution in [3.63, 3.8) is 0 Å². The van der Waals surface area contributed by atoms with Gasteiger partial charge in [0.2, 0.25) is 0 Å². The topological polar surface area (TPSA) is 71.5 Å². The summed E-state index contributed by atoms with van der Waals surface area (Å²) >= 11 is 0. The first kappa shape index (κ1) is 17.2. The highest BCUT2D eigenvalue weighted by molar-refractivity contribution is 5.93. The summed E-state index contributed by atoms with van der Waals surface area (Å²) in [5.41, 5.74) is 0.102. The second-order valence-corrected chi connectivity index (χ2v) is 6.86. The molecule has 2 heterocycles. The number of amides is 2. The van der Waals surface area contributed by atoms with Crippen LogP contribution in [0.1, 0.15) is 44.0 Å². The average Bonchev–Trinajstić information content (AvgIpc) is 2.52. The second-order valence-electron chi connectivity index (χ2n) is 6.86. The van der Waals surface area contributed by atoms with Gasteiger partial charge in [0.25, 0.3) is 5.91 Å². The van der Waals surface area contributed by atoms with Gasteiger partial charge in [-0.25, -0.2) is 4.79 Å². The third kappa shape index (κ3) is 5.54. The van der Waals surface area contributed by atoms with Crippen LogP contribution >= 0.6 is 0 Å². The first-order valence-electron chi connectivity index (χ1n) is 8.01. The largest absolute Gasteiger partial charge is 0.444 e. The predicted octanol–water partition coefficient (Wildman–Crippen LogP) is 2.46. The molecule has 0 bridgehead atoms. The van der Waals surface area contributed by atoms with Crippen molar-refractivity contribution in [2.75, 3.05) is 19.6 Å². The fourth-order valence-electron chi connectivity index (χ4n) is 2.48. The highest BCUT2D eigenvalue weighted by atomic mass is 16.6. The molecule has 2 amide bonds. The fourth-order valence-corrected chi connectivity index (χ4v) is 2.48. The van der Waals surface area contributed by atoms with Crippen molar-refractivity contribution >= 4 is 12.0 Å². The number of hydrogen-bond acceptors (Lipinski definition) is 4. The van der Waals surface area contributed by atoms with Crippen LogP contribution < -0.4 is 5.32 Å². The Bertz CT molecular complexity index is 532. The highest BCUT2D eigenvalue weighted by Crippen LogP contribution is 2.19. The van der Waals surface area contributed by atoms with E-state index in [1.165, 1.54) is 0 Å². The van der Waals surface area contributed by atoms with E-state index in [2.05, 4.69) is 10.3 Å². The molecule has 1 aromatic rings. The third-order valence-electron chi connectivity index (χ3n) is 3.74. The van der Waals surface area contributed by atoms with E-state index in [1.807, 2.05) is 20.8 Å². The van der Waals surface area contributed by atoms with Crippen LogP contribution in [0.25, 0.3) is 0 Å². The summed E-state index contributed by atoms with van der Waals surface area (Å²) in [6.45, 7) is 7.56. The lowest BCUT2D eigenvalue weighted by molar-refractivity contribution is 0.0183. The van der Waals surface area contributed by atoms with Crippen LogP contribution in [-0.4, -0.2) is 47.1 Å². The van der Waals surface area contributed by atoms with Crippen molar-refractivity contribution < 1.29 is 14.3 Å². The molecule has 0 aromatic carbocycles. The standard InChI is InChI=1S/C17H25N3O3/c1-17(2,3)23-16(22)20-9-6-13(7-10-20)11-19-15(21)14-5-4-8-18-12-14/h4-5,8,12-13H,6-7,9-11H2,1-3H3,(H,19,21). The van der Waals surface area contributed by atoms with E-state index >= 15 is 0 Å². The van der Waals surface area contributed by atoms with Gasteiger partial charge in [-0.1, -0.05) is 0 Å². The van der Waals surface area contributed by atoms with Crippen LogP contribution in [0.2, 0.25) is 0 Å². The summed E-state index contributed by atoms with van der Waals surface area (Å²) < 4.78 is 5.38. The number of carbonyl (C=O) groups is 2. The van der Waals surface area contributed by atoms with Crippen molar-refractivity contribution in [1.29, 1.82) is 0 Å². The molecule has 1 saturated heterocycles. The maximum Gasteiger partial charge on any atom is 0.410 e. The molecule has 0 atom stereocenters. The smallest absolute Gasteiger partial charge is 0.410 e. The molecule has 0 radical (unpaired) electrons. The van der Waals surface area contributed by atoms with Crippen molar-refractivity contribution in [2.24, 2.45) is 5.92 Å². The van der Waals surface area contributed by atoms with Crippen molar-refractivity contribution in [3.05, 3.63) is 30.1 Å². The minimum Gasteiger partial charge on any atom is -0.444 e. The van der Waals surface area contributed by atoms with Gasteiger partial charge in [-0.3, -0.25) is 9.78 Å². The molecule has 1 aliphatic heterocycles. The van der Waals surface area contributed by atoms with Gasteiger partial charge in [-0.15, -0.1) is 0 Å². The monoisotopic (exact) mass is 319 g/mol. The molecule has 23 heavy (non-hydrogen) atoms. The second kappa shape index (κ2) is 7.44. The van der Waals surface area contributed by atoms with Crippen LogP contribution in [0.3, 0.4) is 0 Å². The number of nitrogens with zero attached hydrogens (tertiary/aromatic N) is 2. The lowest BCUT2D eigenvalue weighted by Gasteiger charge is -2.33. The van der Waals surface area contributed by atoms with E-state index in [1.54, 1.807) is 29.4 Å². The molecule has 1 fully saturated rings. The van der Waals surface area contributed by atoms with E-state index in [-0.39, 0.29) is 12.0 Å². The number of nitrogens with one attached hydrogen (secondary N) is 1. The summed E-state index contributed by atoms with van der Waals surface area (Å²) in [5.74, 6) is 0.280. The molecule has 0 spiro atoms. The van der Waals surface area contributed by atoms with Crippen LogP contribution in [0.5, 0.6) is 0 Å². The average molecular weight is 319 g/mol. The molecule has 1 aliphatic rings. The van der Waals surface area contributed by atoms with Crippen LogP contribution in [0, 0.1) is 5.92 Å². The lowest BCUT2D eigenvalue weighted by atomic mass is 9.97. The van der Waals surface area contributed by atoms with E-state index in [4.69, 9.17) is 4.74 Å². The maximum atomic E-state index is 12.0. The molecule has 126 valence electrons. The Morgan fingerprint density at radius 3 is 2.61 bits per heavy atom. The molecular weight excluding hydrogens is 294 g/mol. The van der Waals surface area contributed by atoms with Gasteiger partial charge in [0.1, 0.15) is 5.60 Å². The summed E-state index contributed by atoms with van der Waals surface area (Å²) in [5, 5.41) is 2.94. The van der Waals surface area contributed by atoms with Crippen LogP contribution in [-0.2, 0) is 4.74 Å². The van der Waals surface area contributed by atoms with Gasteiger partial charge in [0, 0.05) is 32.0 Å². The molecule has 2 rings (SSSR count). The summed E-state index contributed by atoms with van der Waals surface area (Å²) in [4.78, 5) is 29.7. The number of likely N-dealkylation sites (tertiary alicyclic amines) is 1. The Labute approximate surface area is 137 Å². The summed E-state index contributed by atoms with van der Waals surface area (Å²) in [6.07, 6.45) is 4.68. The summed E-state index contributed by atoms with van der Waals surface area (Å²) in [6, 6.07) is 3.49. The van der Waals surface area contributed by atoms with E-state index < -0.39 is 5.60 Å². The van der Waals surface area contributed by atoms with Gasteiger partial charge in [0.15, 0.2) is 0 Å². The number of hydrogen-bond donors (Lipinski definition) is 1. The number of carbonyl (C=O) groups excluding carboxylic acids is 2. The highest BCUT2D eigenvalue weighted by Gasteiger charge is 2.26. The zero-order chi connectivity index (χ0) is 16.9. The zero-order valence-corrected chi connectivity index (χ0v) is 14.0. The first-order chi connectivity index (χ1) is 10.8. The molecule has 1 N–H and O–H groups in total. The van der Waals surface area contributed by atoms with Gasteiger partial charge < -0.3 is 15.0 Å². The molecule has 0 unspecified atom stereocenters. The molecule has 1 aromatic heterocycles. The van der Waals surface area contributed by atoms with Gasteiger partial charge >= 0.3 is 6.09 Å². The molecule has 0 saturated carbocycles. The first-order valence-corrected chi connectivity index (χ1v) is 8.01. The van der Waals surface area contributed by atoms with E-state index in [9.17, 15) is 9.59 Å². The number of pyridine rings is 1. The van der Waals surface area contributed by atoms with E-state index in [0.717, 1.165) is 12.8 Å². The normalized spacial score (nSPS) is 16.0. The molecule has 0 aliphatic carbocycles. The number of rotatable bonds is 3. The maximum absolute atomic E-state index is 12.0. The van der Waals surface area contributed by atoms with Crippen molar-refractivity contribution in [1.82, 2.24) is 15.2 Å². The lowest BCUT2D eigenvalue weighted by Crippen LogP contribution is -2.43.